The molecule has 2 nitrogen and oxygen atoms in total. The summed E-state index contributed by atoms with van der Waals surface area (Å²) in [5, 5.41) is 1.55. The number of hydrogen-bond acceptors (Lipinski definition) is 2. The Kier molecular flexibility index (Phi) is 7.85. The Bertz CT molecular complexity index is 687. The van der Waals surface area contributed by atoms with E-state index in [1.54, 1.807) is 6.07 Å². The molecule has 0 heterocycles. The van der Waals surface area contributed by atoms with Gasteiger partial charge in [0.05, 0.1) is 11.1 Å². The Balaban J connectivity index is 0.00000264. The van der Waals surface area contributed by atoms with Crippen molar-refractivity contribution in [3.8, 4) is 5.75 Å². The number of hydrogen-bond donors (Lipinski definition) is 0. The molecule has 1 atom stereocenters. The van der Waals surface area contributed by atoms with Gasteiger partial charge in [0.1, 0.15) is 5.75 Å². The molecule has 0 aliphatic rings. The molecule has 0 amide bonds. The molecule has 0 radical (unpaired) electrons. The van der Waals surface area contributed by atoms with Gasteiger partial charge in [0.2, 0.25) is 0 Å². The van der Waals surface area contributed by atoms with E-state index < -0.39 is 0 Å². The Morgan fingerprint density at radius 3 is 2.43 bits per heavy atom. The van der Waals surface area contributed by atoms with Gasteiger partial charge in [-0.1, -0.05) is 29.8 Å². The molecular weight excluding hydrogens is 322 g/mol. The van der Waals surface area contributed by atoms with Crippen LogP contribution in [0.3, 0.4) is 0 Å². The number of benzene rings is 2. The summed E-state index contributed by atoms with van der Waals surface area (Å²) in [4.78, 5) is 12.6. The Labute approximate surface area is 158 Å². The normalized spacial score (nSPS) is 10.9. The number of rotatable bonds is 5. The summed E-state index contributed by atoms with van der Waals surface area (Å²) in [5.41, 5.74) is 2.69. The molecule has 2 aromatic carbocycles. The molecule has 0 aromatic heterocycles. The first-order valence-corrected chi connectivity index (χ1v) is 8.60. The molecule has 2 aromatic rings. The van der Waals surface area contributed by atoms with Gasteiger partial charge < -0.3 is 6.16 Å². The molecule has 2 rings (SSSR count). The second-order valence-electron chi connectivity index (χ2n) is 5.53. The van der Waals surface area contributed by atoms with E-state index in [9.17, 15) is 4.79 Å². The first kappa shape index (κ1) is 20.3. The van der Waals surface area contributed by atoms with Crippen molar-refractivity contribution in [3.63, 3.8) is 0 Å². The average molecular weight is 343 g/mol. The Morgan fingerprint density at radius 1 is 1.17 bits per heavy atom. The van der Waals surface area contributed by atoms with Crippen molar-refractivity contribution < 1.29 is 29.8 Å². The Morgan fingerprint density at radius 2 is 1.87 bits per heavy atom. The predicted octanol–water partition coefficient (Wildman–Crippen LogP) is 2.00. The van der Waals surface area contributed by atoms with Crippen molar-refractivity contribution in [2.45, 2.75) is 33.8 Å². The minimum atomic E-state index is 0. The molecule has 23 heavy (non-hydrogen) atoms. The predicted molar refractivity (Wildman–Crippen MR) is 96.5 cm³/mol. The minimum Gasteiger partial charge on any atom is -1.00 e. The van der Waals surface area contributed by atoms with Crippen molar-refractivity contribution >= 4 is 31.0 Å². The van der Waals surface area contributed by atoms with E-state index in [1.165, 1.54) is 0 Å². The molecular formula is C18H21ClLiO2P. The van der Waals surface area contributed by atoms with Crippen molar-refractivity contribution in [2.24, 2.45) is 0 Å². The summed E-state index contributed by atoms with van der Waals surface area (Å²) in [6, 6.07) is 11.4. The van der Waals surface area contributed by atoms with E-state index in [4.69, 9.17) is 16.3 Å². The summed E-state index contributed by atoms with van der Waals surface area (Å²) in [6.45, 7) is 7.90. The van der Waals surface area contributed by atoms with Crippen LogP contribution >= 0.6 is 20.2 Å². The van der Waals surface area contributed by atoms with Crippen molar-refractivity contribution in [2.75, 3.05) is 0 Å². The van der Waals surface area contributed by atoms with Gasteiger partial charge in [-0.3, -0.25) is 4.79 Å². The maximum atomic E-state index is 12.6. The summed E-state index contributed by atoms with van der Waals surface area (Å²) >= 11 is 6.18. The number of halogens is 1. The fraction of sp³-hybridized carbons (Fsp3) is 0.278. The molecule has 0 saturated carbocycles. The third-order valence-electron chi connectivity index (χ3n) is 3.27. The van der Waals surface area contributed by atoms with Gasteiger partial charge >= 0.3 is 18.9 Å². The number of carbonyl (C=O) groups is 1. The van der Waals surface area contributed by atoms with E-state index in [0.29, 0.717) is 10.6 Å². The summed E-state index contributed by atoms with van der Waals surface area (Å²) in [5.74, 6) is 0.836. The van der Waals surface area contributed by atoms with Gasteiger partial charge in [-0.05, 0) is 70.9 Å². The van der Waals surface area contributed by atoms with Gasteiger partial charge in [-0.25, -0.2) is 0 Å². The molecule has 5 heteroatoms. The molecule has 0 fully saturated rings. The number of ether oxygens (including phenoxy) is 1. The molecule has 0 aliphatic carbocycles. The fourth-order valence-electron chi connectivity index (χ4n) is 2.23. The first-order valence-electron chi connectivity index (χ1n) is 7.22. The molecule has 0 N–H and O–H groups in total. The smallest absolute Gasteiger partial charge is 1.00 e. The van der Waals surface area contributed by atoms with Crippen LogP contribution in [-0.4, -0.2) is 11.6 Å². The first-order chi connectivity index (χ1) is 10.4. The van der Waals surface area contributed by atoms with Crippen LogP contribution in [0.25, 0.3) is 0 Å². The Hall–Kier alpha value is -0.773. The molecule has 0 spiro atoms. The van der Waals surface area contributed by atoms with E-state index in [0.717, 1.165) is 22.2 Å². The van der Waals surface area contributed by atoms with Crippen LogP contribution in [0.5, 0.6) is 5.75 Å². The standard InChI is InChI=1S/C18H20ClO2P.Li.H/c1-11(2)21-14-8-9-16(13(4)10-14)22-18(20)17-12(3)6-5-7-15(17)19;;/h5-11,22H,1-4H3;;/q;+1;-1. The molecule has 1 unspecified atom stereocenters. The van der Waals surface area contributed by atoms with E-state index >= 15 is 0 Å². The van der Waals surface area contributed by atoms with Gasteiger partial charge in [0.25, 0.3) is 0 Å². The molecule has 0 aliphatic heterocycles. The maximum Gasteiger partial charge on any atom is 1.00 e. The fourth-order valence-corrected chi connectivity index (χ4v) is 3.75. The van der Waals surface area contributed by atoms with Crippen molar-refractivity contribution in [1.29, 1.82) is 0 Å². The van der Waals surface area contributed by atoms with E-state index in [2.05, 4.69) is 0 Å². The molecule has 0 bridgehead atoms. The maximum absolute atomic E-state index is 12.6. The van der Waals surface area contributed by atoms with Crippen LogP contribution in [0.1, 0.15) is 36.8 Å². The second-order valence-corrected chi connectivity index (χ2v) is 7.18. The third-order valence-corrected chi connectivity index (χ3v) is 4.89. The van der Waals surface area contributed by atoms with Crippen LogP contribution in [0.4, 0.5) is 0 Å². The van der Waals surface area contributed by atoms with Crippen LogP contribution in [0, 0.1) is 13.8 Å². The van der Waals surface area contributed by atoms with Gasteiger partial charge in [-0.2, -0.15) is 0 Å². The number of carbonyl (C=O) groups excluding carboxylic acids is 1. The summed E-state index contributed by atoms with van der Waals surface area (Å²) < 4.78 is 5.67. The molecule has 0 saturated heterocycles. The average Bonchev–Trinajstić information content (AvgIpc) is 2.41. The summed E-state index contributed by atoms with van der Waals surface area (Å²) in [6.07, 6.45) is 0.139. The van der Waals surface area contributed by atoms with Gasteiger partial charge in [0, 0.05) is 5.56 Å². The van der Waals surface area contributed by atoms with E-state index in [1.807, 2.05) is 58.0 Å². The molecule has 118 valence electrons. The minimum absolute atomic E-state index is 0. The van der Waals surface area contributed by atoms with Gasteiger partial charge in [0.15, 0.2) is 5.52 Å². The van der Waals surface area contributed by atoms with Crippen LogP contribution in [0.15, 0.2) is 36.4 Å². The summed E-state index contributed by atoms with van der Waals surface area (Å²) in [7, 11) is 0.0607. The van der Waals surface area contributed by atoms with Crippen molar-refractivity contribution in [3.05, 3.63) is 58.1 Å². The monoisotopic (exact) mass is 342 g/mol. The SMILES string of the molecule is Cc1cc(OC(C)C)ccc1PC(=O)c1c(C)cccc1Cl.[H-].[Li+]. The van der Waals surface area contributed by atoms with Crippen LogP contribution in [0.2, 0.25) is 5.02 Å². The zero-order chi connectivity index (χ0) is 16.3. The van der Waals surface area contributed by atoms with Gasteiger partial charge in [-0.15, -0.1) is 0 Å². The van der Waals surface area contributed by atoms with E-state index in [-0.39, 0.29) is 40.5 Å². The van der Waals surface area contributed by atoms with Crippen molar-refractivity contribution in [1.82, 2.24) is 0 Å². The van der Waals surface area contributed by atoms with Crippen LogP contribution < -0.4 is 28.9 Å². The number of aryl methyl sites for hydroxylation is 2. The third kappa shape index (κ3) is 5.37. The zero-order valence-electron chi connectivity index (χ0n) is 15.2. The zero-order valence-corrected chi connectivity index (χ0v) is 16.0. The largest absolute Gasteiger partial charge is 1.00 e. The topological polar surface area (TPSA) is 26.3 Å². The second kappa shape index (κ2) is 8.91. The van der Waals surface area contributed by atoms with Crippen LogP contribution in [-0.2, 0) is 0 Å². The quantitative estimate of drug-likeness (QED) is 0.614.